The van der Waals surface area contributed by atoms with Crippen molar-refractivity contribution in [2.75, 3.05) is 0 Å². The molecule has 8 rings (SSSR count). The fourth-order valence-electron chi connectivity index (χ4n) is 6.94. The van der Waals surface area contributed by atoms with Crippen molar-refractivity contribution in [2.45, 2.75) is 52.4 Å². The molecule has 54 heavy (non-hydrogen) atoms. The number of hydrogen-bond acceptors (Lipinski definition) is 5. The number of rotatable bonds is 6. The molecule has 1 N–H and O–H groups in total. The van der Waals surface area contributed by atoms with Gasteiger partial charge in [0.1, 0.15) is 17.0 Å². The molecule has 4 aromatic carbocycles. The SMILES string of the molecule is CC(C)(C)c1cc(C(C)(C)C)c(O)c(-c2nc3c(-c4cccc(-c5cc(-c6ccc(-c7ccccc7)cc6)ccn5)c4)nccc3n2-c2ccccc2)n1. The zero-order valence-electron chi connectivity index (χ0n) is 31.5. The Kier molecular flexibility index (Phi) is 8.69. The summed E-state index contributed by atoms with van der Waals surface area (Å²) < 4.78 is 2.08. The van der Waals surface area contributed by atoms with Crippen molar-refractivity contribution in [3.05, 3.63) is 157 Å². The van der Waals surface area contributed by atoms with Crippen molar-refractivity contribution in [1.82, 2.24) is 24.5 Å². The molecule has 4 aromatic heterocycles. The third-order valence-electron chi connectivity index (χ3n) is 9.89. The summed E-state index contributed by atoms with van der Waals surface area (Å²) in [7, 11) is 0. The van der Waals surface area contributed by atoms with Crippen LogP contribution in [-0.2, 0) is 10.8 Å². The molecule has 0 unspecified atom stereocenters. The summed E-state index contributed by atoms with van der Waals surface area (Å²) in [5.74, 6) is 0.698. The molecule has 0 atom stereocenters. The molecule has 8 aromatic rings. The number of aromatic hydroxyl groups is 1. The molecule has 0 spiro atoms. The fourth-order valence-corrected chi connectivity index (χ4v) is 6.94. The van der Waals surface area contributed by atoms with Gasteiger partial charge in [0.25, 0.3) is 0 Å². The van der Waals surface area contributed by atoms with Gasteiger partial charge in [-0.15, -0.1) is 0 Å². The lowest BCUT2D eigenvalue weighted by molar-refractivity contribution is 0.441. The van der Waals surface area contributed by atoms with E-state index in [1.54, 1.807) is 0 Å². The Balaban J connectivity index is 1.25. The van der Waals surface area contributed by atoms with Gasteiger partial charge >= 0.3 is 0 Å². The largest absolute Gasteiger partial charge is 0.505 e. The number of benzene rings is 4. The standard InChI is InChI=1S/C48H43N5O/c1-47(2,3)38-30-41(48(4,5)6)51-44(45(38)54)46-52-43-40(53(46)37-18-11-8-12-19-37)25-27-50-42(43)36-17-13-16-35(28-36)39-29-34(24-26-49-39)33-22-20-32(21-23-33)31-14-9-7-10-15-31/h7-30,54H,1-6H3. The van der Waals surface area contributed by atoms with Gasteiger partial charge < -0.3 is 5.11 Å². The number of pyridine rings is 3. The second-order valence-electron chi connectivity index (χ2n) is 15.8. The third-order valence-corrected chi connectivity index (χ3v) is 9.89. The van der Waals surface area contributed by atoms with Crippen LogP contribution in [0.1, 0.15) is 52.8 Å². The van der Waals surface area contributed by atoms with Gasteiger partial charge in [-0.3, -0.25) is 14.5 Å². The van der Waals surface area contributed by atoms with Crippen LogP contribution in [0.4, 0.5) is 0 Å². The topological polar surface area (TPSA) is 76.7 Å². The molecule has 0 radical (unpaired) electrons. The minimum absolute atomic E-state index is 0.139. The highest BCUT2D eigenvalue weighted by molar-refractivity contribution is 5.94. The normalized spacial score (nSPS) is 12.0. The second kappa shape index (κ2) is 13.5. The predicted molar refractivity (Wildman–Crippen MR) is 221 cm³/mol. The lowest BCUT2D eigenvalue weighted by Crippen LogP contribution is -2.19. The number of para-hydroxylation sites is 1. The first-order valence-electron chi connectivity index (χ1n) is 18.4. The van der Waals surface area contributed by atoms with E-state index in [1.165, 1.54) is 11.1 Å². The average Bonchev–Trinajstić information content (AvgIpc) is 3.57. The highest BCUT2D eigenvalue weighted by Crippen LogP contribution is 2.42. The number of hydrogen-bond donors (Lipinski definition) is 1. The zero-order valence-corrected chi connectivity index (χ0v) is 31.5. The number of imidazole rings is 1. The predicted octanol–water partition coefficient (Wildman–Crippen LogP) is 11.8. The summed E-state index contributed by atoms with van der Waals surface area (Å²) in [5, 5.41) is 11.9. The van der Waals surface area contributed by atoms with Gasteiger partial charge in [0.05, 0.1) is 16.9 Å². The first-order chi connectivity index (χ1) is 26.0. The maximum Gasteiger partial charge on any atom is 0.168 e. The molecular formula is C48H43N5O. The van der Waals surface area contributed by atoms with Crippen LogP contribution < -0.4 is 0 Å². The maximum atomic E-state index is 11.9. The summed E-state index contributed by atoms with van der Waals surface area (Å²) in [5.41, 5.74) is 12.2. The average molecular weight is 706 g/mol. The zero-order chi connectivity index (χ0) is 37.6. The van der Waals surface area contributed by atoms with Gasteiger partial charge in [0, 0.05) is 45.9 Å². The molecule has 0 aliphatic rings. The highest BCUT2D eigenvalue weighted by atomic mass is 16.3. The van der Waals surface area contributed by atoms with E-state index >= 15 is 0 Å². The Morgan fingerprint density at radius 2 is 1.11 bits per heavy atom. The molecule has 6 nitrogen and oxygen atoms in total. The third kappa shape index (κ3) is 6.56. The summed E-state index contributed by atoms with van der Waals surface area (Å²) >= 11 is 0. The van der Waals surface area contributed by atoms with Gasteiger partial charge in [-0.1, -0.05) is 133 Å². The monoisotopic (exact) mass is 705 g/mol. The quantitative estimate of drug-likeness (QED) is 0.186. The summed E-state index contributed by atoms with van der Waals surface area (Å²) in [6.45, 7) is 12.8. The van der Waals surface area contributed by atoms with Gasteiger partial charge in [-0.05, 0) is 70.1 Å². The van der Waals surface area contributed by atoms with Crippen LogP contribution in [0.2, 0.25) is 0 Å². The van der Waals surface area contributed by atoms with Crippen LogP contribution in [0.15, 0.2) is 146 Å². The van der Waals surface area contributed by atoms with Crippen LogP contribution in [-0.4, -0.2) is 29.6 Å². The van der Waals surface area contributed by atoms with E-state index in [0.717, 1.165) is 56.1 Å². The number of fused-ring (bicyclic) bond motifs is 1. The van der Waals surface area contributed by atoms with Crippen LogP contribution in [0, 0.1) is 0 Å². The van der Waals surface area contributed by atoms with E-state index in [9.17, 15) is 5.11 Å². The molecule has 266 valence electrons. The molecule has 0 fully saturated rings. The first-order valence-corrected chi connectivity index (χ1v) is 18.4. The first kappa shape index (κ1) is 34.7. The maximum absolute atomic E-state index is 11.9. The van der Waals surface area contributed by atoms with Gasteiger partial charge in [-0.2, -0.15) is 0 Å². The van der Waals surface area contributed by atoms with E-state index in [-0.39, 0.29) is 16.6 Å². The van der Waals surface area contributed by atoms with E-state index in [0.29, 0.717) is 17.0 Å². The minimum atomic E-state index is -0.324. The van der Waals surface area contributed by atoms with Crippen molar-refractivity contribution in [3.8, 4) is 67.7 Å². The Bertz CT molecular complexity index is 2610. The molecule has 0 amide bonds. The Morgan fingerprint density at radius 3 is 1.80 bits per heavy atom. The van der Waals surface area contributed by atoms with E-state index in [1.807, 2.05) is 60.9 Å². The van der Waals surface area contributed by atoms with Gasteiger partial charge in [0.15, 0.2) is 5.82 Å². The number of nitrogens with zero attached hydrogens (tertiary/aromatic N) is 5. The summed E-state index contributed by atoms with van der Waals surface area (Å²) in [4.78, 5) is 20.1. The van der Waals surface area contributed by atoms with Crippen LogP contribution in [0.25, 0.3) is 73.0 Å². The van der Waals surface area contributed by atoms with Gasteiger partial charge in [0.2, 0.25) is 0 Å². The molecule has 6 heteroatoms. The van der Waals surface area contributed by atoms with Crippen molar-refractivity contribution in [3.63, 3.8) is 0 Å². The van der Waals surface area contributed by atoms with Crippen molar-refractivity contribution in [2.24, 2.45) is 0 Å². The fraction of sp³-hybridized carbons (Fsp3) is 0.167. The molecule has 0 saturated heterocycles. The Morgan fingerprint density at radius 1 is 0.500 bits per heavy atom. The lowest BCUT2D eigenvalue weighted by atomic mass is 9.82. The van der Waals surface area contributed by atoms with Crippen LogP contribution in [0.5, 0.6) is 5.75 Å². The van der Waals surface area contributed by atoms with Crippen molar-refractivity contribution >= 4 is 11.0 Å². The molecule has 0 saturated carbocycles. The van der Waals surface area contributed by atoms with E-state index in [4.69, 9.17) is 19.9 Å². The highest BCUT2D eigenvalue weighted by Gasteiger charge is 2.30. The Hall–Kier alpha value is -6.40. The summed E-state index contributed by atoms with van der Waals surface area (Å²) in [6, 6.07) is 45.7. The molecular weight excluding hydrogens is 663 g/mol. The molecule has 0 bridgehead atoms. The van der Waals surface area contributed by atoms with Gasteiger partial charge in [-0.25, -0.2) is 9.97 Å². The summed E-state index contributed by atoms with van der Waals surface area (Å²) in [6.07, 6.45) is 3.69. The molecule has 4 heterocycles. The smallest absolute Gasteiger partial charge is 0.168 e. The lowest BCUT2D eigenvalue weighted by Gasteiger charge is -2.26. The molecule has 0 aliphatic heterocycles. The minimum Gasteiger partial charge on any atom is -0.505 e. The van der Waals surface area contributed by atoms with E-state index in [2.05, 4.69) is 131 Å². The molecule has 0 aliphatic carbocycles. The number of aromatic nitrogens is 5. The Labute approximate surface area is 316 Å². The van der Waals surface area contributed by atoms with Crippen molar-refractivity contribution in [1.29, 1.82) is 0 Å². The van der Waals surface area contributed by atoms with Crippen LogP contribution in [0.3, 0.4) is 0 Å². The van der Waals surface area contributed by atoms with E-state index < -0.39 is 0 Å². The second-order valence-corrected chi connectivity index (χ2v) is 15.8. The van der Waals surface area contributed by atoms with Crippen molar-refractivity contribution < 1.29 is 5.11 Å². The van der Waals surface area contributed by atoms with Crippen LogP contribution >= 0.6 is 0 Å².